The Kier molecular flexibility index (Phi) is 5.21. The highest BCUT2D eigenvalue weighted by atomic mass is 19.1. The minimum Gasteiger partial charge on any atom is -0.477 e. The van der Waals surface area contributed by atoms with Gasteiger partial charge in [-0.3, -0.25) is 15.3 Å². The third kappa shape index (κ3) is 3.28. The molecule has 2 heterocycles. The predicted octanol–water partition coefficient (Wildman–Crippen LogP) is 1.60. The molecule has 0 spiro atoms. The van der Waals surface area contributed by atoms with E-state index in [1.165, 1.54) is 12.3 Å². The summed E-state index contributed by atoms with van der Waals surface area (Å²) in [6.07, 6.45) is 3.29. The molecule has 1 aliphatic carbocycles. The molecule has 0 atom stereocenters. The number of aromatic carboxylic acids is 1. The van der Waals surface area contributed by atoms with Crippen LogP contribution < -0.4 is 15.6 Å². The van der Waals surface area contributed by atoms with Crippen LogP contribution in [-0.4, -0.2) is 52.3 Å². The van der Waals surface area contributed by atoms with E-state index in [-0.39, 0.29) is 17.0 Å². The van der Waals surface area contributed by atoms with Gasteiger partial charge in [0, 0.05) is 43.8 Å². The van der Waals surface area contributed by atoms with Crippen molar-refractivity contribution in [3.05, 3.63) is 39.9 Å². The van der Waals surface area contributed by atoms with Crippen molar-refractivity contribution in [3.8, 4) is 0 Å². The molecule has 4 N–H and O–H groups in total. The average Bonchev–Trinajstić information content (AvgIpc) is 3.49. The summed E-state index contributed by atoms with van der Waals surface area (Å²) in [6.45, 7) is 2.96. The zero-order valence-corrected chi connectivity index (χ0v) is 14.0. The largest absolute Gasteiger partial charge is 0.477 e. The molecule has 0 bridgehead atoms. The van der Waals surface area contributed by atoms with Gasteiger partial charge in [-0.2, -0.15) is 0 Å². The highest BCUT2D eigenvalue weighted by Crippen LogP contribution is 2.38. The molecule has 8 nitrogen and oxygen atoms in total. The highest BCUT2D eigenvalue weighted by molar-refractivity contribution is 5.93. The lowest BCUT2D eigenvalue weighted by Gasteiger charge is -2.30. The SMILES string of the molecule is O=C(O)c1cn(C2CC2)c2cc(N3CCNCC3)c(F)cc2c1=O.OO. The van der Waals surface area contributed by atoms with Gasteiger partial charge in [-0.25, -0.2) is 9.18 Å². The number of hydrogen-bond donors (Lipinski definition) is 4. The van der Waals surface area contributed by atoms with Gasteiger partial charge in [0.2, 0.25) is 5.43 Å². The first-order valence-electron chi connectivity index (χ1n) is 8.33. The van der Waals surface area contributed by atoms with Crippen molar-refractivity contribution in [1.29, 1.82) is 0 Å². The predicted molar refractivity (Wildman–Crippen MR) is 93.7 cm³/mol. The molecule has 0 amide bonds. The maximum Gasteiger partial charge on any atom is 0.341 e. The van der Waals surface area contributed by atoms with E-state index >= 15 is 0 Å². The zero-order valence-electron chi connectivity index (χ0n) is 14.0. The molecule has 1 aromatic carbocycles. The second-order valence-corrected chi connectivity index (χ2v) is 6.37. The Bertz CT molecular complexity index is 888. The summed E-state index contributed by atoms with van der Waals surface area (Å²) in [5.41, 5.74) is 0.159. The van der Waals surface area contributed by atoms with Gasteiger partial charge in [0.1, 0.15) is 11.4 Å². The number of anilines is 1. The minimum atomic E-state index is -1.28. The summed E-state index contributed by atoms with van der Waals surface area (Å²) in [6, 6.07) is 3.08. The fraction of sp³-hybridized carbons (Fsp3) is 0.412. The summed E-state index contributed by atoms with van der Waals surface area (Å²) >= 11 is 0. The molecule has 1 saturated carbocycles. The number of carboxylic acid groups (broad SMARTS) is 1. The van der Waals surface area contributed by atoms with Crippen LogP contribution in [0, 0.1) is 5.82 Å². The third-order valence-corrected chi connectivity index (χ3v) is 4.73. The number of nitrogens with zero attached hydrogens (tertiary/aromatic N) is 2. The van der Waals surface area contributed by atoms with Crippen LogP contribution in [-0.2, 0) is 0 Å². The first-order valence-corrected chi connectivity index (χ1v) is 8.33. The second kappa shape index (κ2) is 7.40. The molecule has 140 valence electrons. The number of carboxylic acids is 1. The topological polar surface area (TPSA) is 115 Å². The number of piperazine rings is 1. The van der Waals surface area contributed by atoms with Crippen molar-refractivity contribution >= 4 is 22.6 Å². The van der Waals surface area contributed by atoms with Gasteiger partial charge in [0.25, 0.3) is 0 Å². The number of nitrogens with one attached hydrogen (secondary N) is 1. The second-order valence-electron chi connectivity index (χ2n) is 6.37. The van der Waals surface area contributed by atoms with Crippen molar-refractivity contribution < 1.29 is 24.8 Å². The molecule has 0 radical (unpaired) electrons. The Balaban J connectivity index is 0.000000948. The van der Waals surface area contributed by atoms with Crippen molar-refractivity contribution in [2.24, 2.45) is 0 Å². The van der Waals surface area contributed by atoms with Crippen molar-refractivity contribution in [2.45, 2.75) is 18.9 Å². The first-order chi connectivity index (χ1) is 12.6. The van der Waals surface area contributed by atoms with E-state index in [0.717, 1.165) is 25.9 Å². The molecule has 0 unspecified atom stereocenters. The van der Waals surface area contributed by atoms with E-state index < -0.39 is 17.2 Å². The Morgan fingerprint density at radius 2 is 1.85 bits per heavy atom. The molecule has 2 fully saturated rings. The quantitative estimate of drug-likeness (QED) is 0.482. The van der Waals surface area contributed by atoms with Crippen LogP contribution in [0.25, 0.3) is 10.9 Å². The van der Waals surface area contributed by atoms with E-state index in [0.29, 0.717) is 24.3 Å². The van der Waals surface area contributed by atoms with Gasteiger partial charge < -0.3 is 19.9 Å². The van der Waals surface area contributed by atoms with Crippen LogP contribution in [0.15, 0.2) is 23.1 Å². The summed E-state index contributed by atoms with van der Waals surface area (Å²) in [5.74, 6) is -1.76. The standard InChI is InChI=1S/C17H18FN3O3.H2O2/c18-13-7-11-14(8-15(13)20-5-3-19-4-6-20)21(10-1-2-10)9-12(16(11)22)17(23)24;1-2/h7-10,19H,1-6H2,(H,23,24);1-2H. The Labute approximate surface area is 148 Å². The van der Waals surface area contributed by atoms with E-state index in [9.17, 15) is 19.1 Å². The Morgan fingerprint density at radius 1 is 1.19 bits per heavy atom. The summed E-state index contributed by atoms with van der Waals surface area (Å²) in [4.78, 5) is 25.7. The van der Waals surface area contributed by atoms with Crippen molar-refractivity contribution in [3.63, 3.8) is 0 Å². The van der Waals surface area contributed by atoms with E-state index in [4.69, 9.17) is 10.5 Å². The number of rotatable bonds is 3. The smallest absolute Gasteiger partial charge is 0.341 e. The van der Waals surface area contributed by atoms with Crippen molar-refractivity contribution in [2.75, 3.05) is 31.1 Å². The molecule has 1 aromatic heterocycles. The van der Waals surface area contributed by atoms with Gasteiger partial charge in [-0.15, -0.1) is 0 Å². The lowest BCUT2D eigenvalue weighted by Crippen LogP contribution is -2.43. The molecule has 2 aliphatic rings. The number of benzene rings is 1. The fourth-order valence-electron chi connectivity index (χ4n) is 3.31. The average molecular weight is 365 g/mol. The molecule has 1 aliphatic heterocycles. The van der Waals surface area contributed by atoms with Crippen LogP contribution >= 0.6 is 0 Å². The maximum absolute atomic E-state index is 14.6. The van der Waals surface area contributed by atoms with Crippen LogP contribution in [0.5, 0.6) is 0 Å². The van der Waals surface area contributed by atoms with E-state index in [2.05, 4.69) is 5.32 Å². The number of carbonyl (C=O) groups is 1. The number of fused-ring (bicyclic) bond motifs is 1. The Morgan fingerprint density at radius 3 is 2.42 bits per heavy atom. The van der Waals surface area contributed by atoms with Crippen molar-refractivity contribution in [1.82, 2.24) is 9.88 Å². The lowest BCUT2D eigenvalue weighted by molar-refractivity contribution is -0.176. The molecular formula is C17H20FN3O5. The van der Waals surface area contributed by atoms with Crippen LogP contribution in [0.2, 0.25) is 0 Å². The van der Waals surface area contributed by atoms with Crippen LogP contribution in [0.3, 0.4) is 0 Å². The number of aromatic nitrogens is 1. The normalized spacial score (nSPS) is 17.0. The van der Waals surface area contributed by atoms with E-state index in [1.54, 1.807) is 6.07 Å². The molecule has 9 heteroatoms. The summed E-state index contributed by atoms with van der Waals surface area (Å²) < 4.78 is 16.4. The highest BCUT2D eigenvalue weighted by Gasteiger charge is 2.28. The maximum atomic E-state index is 14.6. The lowest BCUT2D eigenvalue weighted by atomic mass is 10.1. The summed E-state index contributed by atoms with van der Waals surface area (Å²) in [5, 5.41) is 24.6. The van der Waals surface area contributed by atoms with Crippen LogP contribution in [0.4, 0.5) is 10.1 Å². The summed E-state index contributed by atoms with van der Waals surface area (Å²) in [7, 11) is 0. The Hall–Kier alpha value is -2.49. The first kappa shape index (κ1) is 18.3. The van der Waals surface area contributed by atoms with Gasteiger partial charge in [0.15, 0.2) is 0 Å². The number of pyridine rings is 1. The minimum absolute atomic E-state index is 0.137. The van der Waals surface area contributed by atoms with Gasteiger partial charge in [-0.1, -0.05) is 0 Å². The molecule has 26 heavy (non-hydrogen) atoms. The van der Waals surface area contributed by atoms with Gasteiger partial charge >= 0.3 is 5.97 Å². The van der Waals surface area contributed by atoms with Gasteiger partial charge in [0.05, 0.1) is 11.2 Å². The zero-order chi connectivity index (χ0) is 18.8. The molecule has 2 aromatic rings. The van der Waals surface area contributed by atoms with Gasteiger partial charge in [-0.05, 0) is 25.0 Å². The van der Waals surface area contributed by atoms with Crippen LogP contribution in [0.1, 0.15) is 29.2 Å². The molecule has 4 rings (SSSR count). The third-order valence-electron chi connectivity index (χ3n) is 4.73. The fourth-order valence-corrected chi connectivity index (χ4v) is 3.31. The number of hydrogen-bond acceptors (Lipinski definition) is 6. The van der Waals surface area contributed by atoms with E-state index in [1.807, 2.05) is 9.47 Å². The molecule has 1 saturated heterocycles. The molecular weight excluding hydrogens is 345 g/mol. The monoisotopic (exact) mass is 365 g/mol. The number of halogens is 1.